The van der Waals surface area contributed by atoms with E-state index >= 15 is 0 Å². The smallest absolute Gasteiger partial charge is 0.261 e. The number of aliphatic imine (C=N–C) groups is 2. The minimum absolute atomic E-state index is 0.227. The normalized spacial score (nSPS) is 14.0. The van der Waals surface area contributed by atoms with Gasteiger partial charge in [-0.3, -0.25) is 24.1 Å². The van der Waals surface area contributed by atoms with E-state index < -0.39 is 10.1 Å². The molecule has 0 bridgehead atoms. The van der Waals surface area contributed by atoms with Crippen molar-refractivity contribution in [1.82, 2.24) is 21.3 Å². The molecule has 12 heteroatoms. The maximum Gasteiger partial charge on any atom is 0.261 e. The van der Waals surface area contributed by atoms with Crippen LogP contribution in [0.15, 0.2) is 82.8 Å². The van der Waals surface area contributed by atoms with Crippen molar-refractivity contribution in [2.24, 2.45) is 9.98 Å². The zero-order chi connectivity index (χ0) is 29.2. The average molecular weight is 577 g/mol. The number of amides is 2. The summed E-state index contributed by atoms with van der Waals surface area (Å²) in [5, 5.41) is 12.4. The van der Waals surface area contributed by atoms with Gasteiger partial charge in [0.1, 0.15) is 11.7 Å². The second kappa shape index (κ2) is 13.7. The van der Waals surface area contributed by atoms with Gasteiger partial charge in [-0.1, -0.05) is 54.6 Å². The summed E-state index contributed by atoms with van der Waals surface area (Å²) in [6, 6.07) is 22.6. The van der Waals surface area contributed by atoms with Crippen LogP contribution in [0.3, 0.4) is 0 Å². The standard InChI is InChI=1S/C28H28N6O2.CH4O3S/c35-27(33-17-19-4-8-21(9-5-19)25-29-12-13-30-25)23-2-1-3-24(16-23)28(36)34-18-20-6-10-22(11-7-20)26-31-14-15-32-26;1-5(2,3)4/h1-11,16H,12-15,17-18H2,(H,29,30)(H,31,32)(H,33,35)(H,34,36);1H3,(H,2,3,4). The van der Waals surface area contributed by atoms with E-state index in [4.69, 9.17) is 4.55 Å². The number of nitrogens with one attached hydrogen (secondary N) is 4. The lowest BCUT2D eigenvalue weighted by Crippen LogP contribution is -2.25. The van der Waals surface area contributed by atoms with Crippen molar-refractivity contribution < 1.29 is 22.6 Å². The third-order valence-corrected chi connectivity index (χ3v) is 6.10. The zero-order valence-corrected chi connectivity index (χ0v) is 23.4. The SMILES string of the molecule is CS(=O)(=O)O.O=C(NCc1ccc(C2=NCCN2)cc1)c1cccc(C(=O)NCc2ccc(C3=NCCN3)cc2)c1. The maximum atomic E-state index is 12.7. The van der Waals surface area contributed by atoms with Crippen LogP contribution in [0.5, 0.6) is 0 Å². The van der Waals surface area contributed by atoms with Gasteiger partial charge in [0.05, 0.1) is 19.3 Å². The van der Waals surface area contributed by atoms with Crippen LogP contribution in [0.1, 0.15) is 43.0 Å². The molecular formula is C29H32N6O5S. The third kappa shape index (κ3) is 9.26. The number of amidine groups is 2. The number of nitrogens with zero attached hydrogens (tertiary/aromatic N) is 2. The van der Waals surface area contributed by atoms with Crippen LogP contribution < -0.4 is 21.3 Å². The number of carbonyl (C=O) groups is 2. The summed E-state index contributed by atoms with van der Waals surface area (Å²) in [7, 11) is -3.67. The van der Waals surface area contributed by atoms with E-state index in [0.717, 1.165) is 60.1 Å². The zero-order valence-electron chi connectivity index (χ0n) is 22.6. The summed E-state index contributed by atoms with van der Waals surface area (Å²) in [5.74, 6) is 1.37. The molecule has 2 amide bonds. The highest BCUT2D eigenvalue weighted by atomic mass is 32.2. The highest BCUT2D eigenvalue weighted by Gasteiger charge is 2.12. The fourth-order valence-corrected chi connectivity index (χ4v) is 4.11. The molecule has 0 saturated carbocycles. The Kier molecular flexibility index (Phi) is 9.82. The molecule has 2 aliphatic heterocycles. The number of benzene rings is 3. The second-order valence-electron chi connectivity index (χ2n) is 9.39. The number of rotatable bonds is 8. The van der Waals surface area contributed by atoms with Gasteiger partial charge in [0.2, 0.25) is 0 Å². The Morgan fingerprint density at radius 3 is 1.49 bits per heavy atom. The Morgan fingerprint density at radius 1 is 0.756 bits per heavy atom. The van der Waals surface area contributed by atoms with Crippen LogP contribution in [0.2, 0.25) is 0 Å². The summed E-state index contributed by atoms with van der Waals surface area (Å²) in [6.07, 6.45) is 0.715. The first-order valence-corrected chi connectivity index (χ1v) is 14.8. The lowest BCUT2D eigenvalue weighted by Gasteiger charge is -2.09. The van der Waals surface area contributed by atoms with E-state index in [9.17, 15) is 18.0 Å². The van der Waals surface area contributed by atoms with Crippen molar-refractivity contribution >= 4 is 33.6 Å². The highest BCUT2D eigenvalue weighted by Crippen LogP contribution is 2.10. The van der Waals surface area contributed by atoms with Crippen molar-refractivity contribution in [3.8, 4) is 0 Å². The van der Waals surface area contributed by atoms with E-state index in [1.165, 1.54) is 0 Å². The molecule has 0 aliphatic carbocycles. The number of hydrogen-bond donors (Lipinski definition) is 5. The summed E-state index contributed by atoms with van der Waals surface area (Å²) in [6.45, 7) is 4.12. The minimum Gasteiger partial charge on any atom is -0.368 e. The van der Waals surface area contributed by atoms with E-state index in [1.807, 2.05) is 48.5 Å². The van der Waals surface area contributed by atoms with E-state index in [1.54, 1.807) is 24.3 Å². The van der Waals surface area contributed by atoms with Crippen LogP contribution in [0.4, 0.5) is 0 Å². The molecule has 41 heavy (non-hydrogen) atoms. The van der Waals surface area contributed by atoms with Crippen molar-refractivity contribution in [3.63, 3.8) is 0 Å². The fraction of sp³-hybridized carbons (Fsp3) is 0.241. The third-order valence-electron chi connectivity index (χ3n) is 6.10. The molecule has 5 N–H and O–H groups in total. The van der Waals surface area contributed by atoms with Crippen LogP contribution in [0.25, 0.3) is 0 Å². The van der Waals surface area contributed by atoms with Gasteiger partial charge in [-0.05, 0) is 29.3 Å². The van der Waals surface area contributed by atoms with Gasteiger partial charge >= 0.3 is 0 Å². The highest BCUT2D eigenvalue weighted by molar-refractivity contribution is 7.85. The maximum absolute atomic E-state index is 12.7. The molecule has 0 unspecified atom stereocenters. The Hall–Kier alpha value is -4.55. The van der Waals surface area contributed by atoms with Gasteiger partial charge in [-0.25, -0.2) is 0 Å². The van der Waals surface area contributed by atoms with Gasteiger partial charge in [-0.15, -0.1) is 0 Å². The van der Waals surface area contributed by atoms with E-state index in [0.29, 0.717) is 30.5 Å². The molecule has 0 atom stereocenters. The first kappa shape index (κ1) is 29.4. The lowest BCUT2D eigenvalue weighted by molar-refractivity contribution is 0.0950. The molecule has 214 valence electrons. The molecular weight excluding hydrogens is 544 g/mol. The predicted molar refractivity (Wildman–Crippen MR) is 158 cm³/mol. The van der Waals surface area contributed by atoms with Gasteiger partial charge in [0.15, 0.2) is 0 Å². The predicted octanol–water partition coefficient (Wildman–Crippen LogP) is 1.75. The Labute approximate surface area is 238 Å². The second-order valence-corrected chi connectivity index (χ2v) is 10.9. The minimum atomic E-state index is -3.67. The summed E-state index contributed by atoms with van der Waals surface area (Å²) < 4.78 is 25.9. The first-order chi connectivity index (χ1) is 19.7. The first-order valence-electron chi connectivity index (χ1n) is 13.0. The van der Waals surface area contributed by atoms with Crippen molar-refractivity contribution in [2.75, 3.05) is 32.4 Å². The van der Waals surface area contributed by atoms with Crippen LogP contribution >= 0.6 is 0 Å². The molecule has 11 nitrogen and oxygen atoms in total. The monoisotopic (exact) mass is 576 g/mol. The van der Waals surface area contributed by atoms with Crippen molar-refractivity contribution in [1.29, 1.82) is 0 Å². The Bertz CT molecular complexity index is 1440. The Balaban J connectivity index is 0.000000714. The fourth-order valence-electron chi connectivity index (χ4n) is 4.11. The molecule has 0 fully saturated rings. The summed E-state index contributed by atoms with van der Waals surface area (Å²) in [4.78, 5) is 34.2. The lowest BCUT2D eigenvalue weighted by atomic mass is 10.1. The largest absolute Gasteiger partial charge is 0.368 e. The molecule has 3 aromatic carbocycles. The molecule has 2 aliphatic rings. The summed E-state index contributed by atoms with van der Waals surface area (Å²) >= 11 is 0. The molecule has 2 heterocycles. The van der Waals surface area contributed by atoms with Crippen LogP contribution in [-0.2, 0) is 23.2 Å². The van der Waals surface area contributed by atoms with Crippen molar-refractivity contribution in [2.45, 2.75) is 13.1 Å². The molecule has 0 spiro atoms. The van der Waals surface area contributed by atoms with Crippen molar-refractivity contribution in [3.05, 3.63) is 106 Å². The van der Waals surface area contributed by atoms with Gasteiger partial charge in [0.25, 0.3) is 21.9 Å². The number of hydrogen-bond acceptors (Lipinski definition) is 8. The van der Waals surface area contributed by atoms with Gasteiger partial charge in [-0.2, -0.15) is 8.42 Å². The molecule has 0 saturated heterocycles. The molecule has 3 aromatic rings. The molecule has 0 aromatic heterocycles. The quantitative estimate of drug-likeness (QED) is 0.255. The van der Waals surface area contributed by atoms with E-state index in [2.05, 4.69) is 31.3 Å². The van der Waals surface area contributed by atoms with E-state index in [-0.39, 0.29) is 11.8 Å². The Morgan fingerprint density at radius 2 is 1.15 bits per heavy atom. The van der Waals surface area contributed by atoms with Crippen LogP contribution in [0, 0.1) is 0 Å². The average Bonchev–Trinajstić information content (AvgIpc) is 3.70. The molecule has 0 radical (unpaired) electrons. The summed E-state index contributed by atoms with van der Waals surface area (Å²) in [5.41, 5.74) is 4.94. The van der Waals surface area contributed by atoms with Gasteiger partial charge < -0.3 is 21.3 Å². The van der Waals surface area contributed by atoms with Crippen LogP contribution in [-0.4, -0.2) is 68.9 Å². The number of carbonyl (C=O) groups excluding carboxylic acids is 2. The topological polar surface area (TPSA) is 161 Å². The van der Waals surface area contributed by atoms with Gasteiger partial charge in [0, 0.05) is 48.4 Å². The molecule has 5 rings (SSSR count).